The van der Waals surface area contributed by atoms with E-state index in [-0.39, 0.29) is 11.7 Å². The predicted octanol–water partition coefficient (Wildman–Crippen LogP) is 3.41. The number of nitrogens with zero attached hydrogens (tertiary/aromatic N) is 2. The van der Waals surface area contributed by atoms with Crippen LogP contribution in [0.25, 0.3) is 0 Å². The summed E-state index contributed by atoms with van der Waals surface area (Å²) < 4.78 is 19.7. The van der Waals surface area contributed by atoms with Gasteiger partial charge in [0.15, 0.2) is 0 Å². The molecule has 0 radical (unpaired) electrons. The lowest BCUT2D eigenvalue weighted by atomic mass is 10.1. The number of benzene rings is 2. The first-order valence-electron chi connectivity index (χ1n) is 11.6. The van der Waals surface area contributed by atoms with E-state index in [1.54, 1.807) is 6.07 Å². The van der Waals surface area contributed by atoms with Crippen LogP contribution in [0, 0.1) is 12.7 Å². The van der Waals surface area contributed by atoms with Crippen LogP contribution in [-0.2, 0) is 16.0 Å². The summed E-state index contributed by atoms with van der Waals surface area (Å²) in [5, 5.41) is 6.22. The smallest absolute Gasteiger partial charge is 0.247 e. The summed E-state index contributed by atoms with van der Waals surface area (Å²) in [6, 6.07) is 11.4. The van der Waals surface area contributed by atoms with Gasteiger partial charge in [-0.25, -0.2) is 4.39 Å². The van der Waals surface area contributed by atoms with E-state index in [0.29, 0.717) is 18.0 Å². The second kappa shape index (κ2) is 9.08. The minimum atomic E-state index is -0.465. The number of nitrogens with one attached hydrogen (secondary N) is 2. The second-order valence-corrected chi connectivity index (χ2v) is 9.03. The number of carbonyl (C=O) groups excluding carboxylic acids is 1. The maximum absolute atomic E-state index is 14.2. The number of aryl methyl sites for hydroxylation is 1. The standard InChI is InChI=1S/C25H31FN4O2/c1-17-5-6-22(26)21-16-23(28-24(17)21)25(31)27-18-3-2-4-20(15-18)30-11-9-29(10-12-30)19-7-13-32-14-8-19/h2-6,15,19,23,28H,7-14,16H2,1H3,(H,27,31). The Bertz CT molecular complexity index is 953. The first kappa shape index (κ1) is 21.2. The van der Waals surface area contributed by atoms with Crippen molar-refractivity contribution in [2.75, 3.05) is 54.9 Å². The maximum Gasteiger partial charge on any atom is 0.247 e. The summed E-state index contributed by atoms with van der Waals surface area (Å²) >= 11 is 0. The van der Waals surface area contributed by atoms with Crippen LogP contribution >= 0.6 is 0 Å². The zero-order valence-corrected chi connectivity index (χ0v) is 18.6. The van der Waals surface area contributed by atoms with Crippen LogP contribution in [0.3, 0.4) is 0 Å². The van der Waals surface area contributed by atoms with Crippen LogP contribution in [0.1, 0.15) is 24.0 Å². The van der Waals surface area contributed by atoms with E-state index in [0.717, 1.165) is 74.9 Å². The predicted molar refractivity (Wildman–Crippen MR) is 125 cm³/mol. The molecule has 7 heteroatoms. The molecule has 1 atom stereocenters. The topological polar surface area (TPSA) is 56.8 Å². The highest BCUT2D eigenvalue weighted by atomic mass is 19.1. The quantitative estimate of drug-likeness (QED) is 0.766. The van der Waals surface area contributed by atoms with Crippen LogP contribution in [0.4, 0.5) is 21.5 Å². The molecule has 3 aliphatic rings. The molecular weight excluding hydrogens is 407 g/mol. The third kappa shape index (κ3) is 4.32. The summed E-state index contributed by atoms with van der Waals surface area (Å²) in [5.41, 5.74) is 4.20. The Labute approximate surface area is 188 Å². The molecule has 2 N–H and O–H groups in total. The number of rotatable bonds is 4. The molecule has 0 aromatic heterocycles. The summed E-state index contributed by atoms with van der Waals surface area (Å²) in [7, 11) is 0. The van der Waals surface area contributed by atoms with Crippen molar-refractivity contribution in [1.29, 1.82) is 0 Å². The highest BCUT2D eigenvalue weighted by Crippen LogP contribution is 2.32. The molecule has 6 nitrogen and oxygen atoms in total. The van der Waals surface area contributed by atoms with Gasteiger partial charge in [0.25, 0.3) is 0 Å². The molecule has 1 amide bonds. The molecule has 32 heavy (non-hydrogen) atoms. The van der Waals surface area contributed by atoms with Gasteiger partial charge in [0.05, 0.1) is 0 Å². The van der Waals surface area contributed by atoms with E-state index in [1.165, 1.54) is 6.07 Å². The number of hydrogen-bond acceptors (Lipinski definition) is 5. The fraction of sp³-hybridized carbons (Fsp3) is 0.480. The van der Waals surface area contributed by atoms with E-state index >= 15 is 0 Å². The third-order valence-electron chi connectivity index (χ3n) is 7.01. The van der Waals surface area contributed by atoms with Crippen molar-refractivity contribution in [3.8, 4) is 0 Å². The van der Waals surface area contributed by atoms with Crippen LogP contribution < -0.4 is 15.5 Å². The number of halogens is 1. The lowest BCUT2D eigenvalue weighted by molar-refractivity contribution is -0.116. The average Bonchev–Trinajstić information content (AvgIpc) is 3.30. The monoisotopic (exact) mass is 438 g/mol. The van der Waals surface area contributed by atoms with Gasteiger partial charge in [0.2, 0.25) is 5.91 Å². The van der Waals surface area contributed by atoms with E-state index in [4.69, 9.17) is 4.74 Å². The van der Waals surface area contributed by atoms with Gasteiger partial charge < -0.3 is 20.3 Å². The van der Waals surface area contributed by atoms with Gasteiger partial charge in [-0.15, -0.1) is 0 Å². The molecule has 0 aliphatic carbocycles. The molecule has 0 spiro atoms. The van der Waals surface area contributed by atoms with Gasteiger partial charge >= 0.3 is 0 Å². The molecule has 5 rings (SSSR count). The van der Waals surface area contributed by atoms with Crippen molar-refractivity contribution in [2.45, 2.75) is 38.3 Å². The minimum Gasteiger partial charge on any atom is -0.381 e. The number of carbonyl (C=O) groups is 1. The van der Waals surface area contributed by atoms with Gasteiger partial charge in [-0.1, -0.05) is 12.1 Å². The Kier molecular flexibility index (Phi) is 6.02. The molecule has 0 bridgehead atoms. The van der Waals surface area contributed by atoms with Crippen LogP contribution in [0.15, 0.2) is 36.4 Å². The SMILES string of the molecule is Cc1ccc(F)c2c1NC(C(=O)Nc1cccc(N3CCN(C4CCOCC4)CC3)c1)C2. The third-order valence-corrected chi connectivity index (χ3v) is 7.01. The minimum absolute atomic E-state index is 0.138. The highest BCUT2D eigenvalue weighted by Gasteiger charge is 2.30. The molecule has 2 fully saturated rings. The molecular formula is C25H31FN4O2. The summed E-state index contributed by atoms with van der Waals surface area (Å²) in [4.78, 5) is 17.9. The normalized spacial score (nSPS) is 21.8. The average molecular weight is 439 g/mol. The van der Waals surface area contributed by atoms with Gasteiger partial charge in [0.1, 0.15) is 11.9 Å². The number of piperazine rings is 1. The van der Waals surface area contributed by atoms with Gasteiger partial charge in [-0.05, 0) is 49.6 Å². The van der Waals surface area contributed by atoms with Crippen LogP contribution in [-0.4, -0.2) is 62.3 Å². The number of anilines is 3. The number of ether oxygens (including phenoxy) is 1. The van der Waals surface area contributed by atoms with E-state index in [1.807, 2.05) is 25.1 Å². The van der Waals surface area contributed by atoms with Crippen molar-refractivity contribution < 1.29 is 13.9 Å². The van der Waals surface area contributed by atoms with E-state index < -0.39 is 6.04 Å². The molecule has 2 aromatic rings. The maximum atomic E-state index is 14.2. The largest absolute Gasteiger partial charge is 0.381 e. The number of amides is 1. The lowest BCUT2D eigenvalue weighted by Gasteiger charge is -2.41. The van der Waals surface area contributed by atoms with Crippen molar-refractivity contribution >= 4 is 23.0 Å². The van der Waals surface area contributed by atoms with Gasteiger partial charge in [-0.3, -0.25) is 9.69 Å². The Hall–Kier alpha value is -2.64. The van der Waals surface area contributed by atoms with Crippen molar-refractivity contribution in [3.63, 3.8) is 0 Å². The highest BCUT2D eigenvalue weighted by molar-refractivity contribution is 5.98. The first-order chi connectivity index (χ1) is 15.6. The molecule has 0 saturated carbocycles. The zero-order chi connectivity index (χ0) is 22.1. The molecule has 1 unspecified atom stereocenters. The first-order valence-corrected chi connectivity index (χ1v) is 11.6. The molecule has 2 aromatic carbocycles. The van der Waals surface area contributed by atoms with Crippen molar-refractivity contribution in [2.24, 2.45) is 0 Å². The Morgan fingerprint density at radius 1 is 1.12 bits per heavy atom. The van der Waals surface area contributed by atoms with E-state index in [2.05, 4.69) is 26.5 Å². The molecule has 170 valence electrons. The summed E-state index contributed by atoms with van der Waals surface area (Å²) in [6.07, 6.45) is 2.62. The number of fused-ring (bicyclic) bond motifs is 1. The lowest BCUT2D eigenvalue weighted by Crippen LogP contribution is -2.51. The van der Waals surface area contributed by atoms with Gasteiger partial charge in [0, 0.05) is 74.5 Å². The fourth-order valence-electron chi connectivity index (χ4n) is 5.13. The Balaban J connectivity index is 1.19. The molecule has 3 aliphatic heterocycles. The van der Waals surface area contributed by atoms with Crippen molar-refractivity contribution in [3.05, 3.63) is 53.3 Å². The van der Waals surface area contributed by atoms with E-state index in [9.17, 15) is 9.18 Å². The Morgan fingerprint density at radius 3 is 2.66 bits per heavy atom. The Morgan fingerprint density at radius 2 is 1.91 bits per heavy atom. The molecule has 2 saturated heterocycles. The number of hydrogen-bond donors (Lipinski definition) is 2. The molecule has 3 heterocycles. The van der Waals surface area contributed by atoms with Gasteiger partial charge in [-0.2, -0.15) is 0 Å². The van der Waals surface area contributed by atoms with Crippen LogP contribution in [0.2, 0.25) is 0 Å². The van der Waals surface area contributed by atoms with Crippen molar-refractivity contribution in [1.82, 2.24) is 4.90 Å². The zero-order valence-electron chi connectivity index (χ0n) is 18.6. The summed E-state index contributed by atoms with van der Waals surface area (Å²) in [6.45, 7) is 7.74. The fourth-order valence-corrected chi connectivity index (χ4v) is 5.13. The second-order valence-electron chi connectivity index (χ2n) is 9.03. The van der Waals surface area contributed by atoms with Crippen LogP contribution in [0.5, 0.6) is 0 Å². The summed E-state index contributed by atoms with van der Waals surface area (Å²) in [5.74, 6) is -0.392.